The van der Waals surface area contributed by atoms with Gasteiger partial charge in [0.05, 0.1) is 7.11 Å². The molecule has 0 aromatic heterocycles. The zero-order valence-corrected chi connectivity index (χ0v) is 13.6. The Bertz CT molecular complexity index is 890. The zero-order valence-electron chi connectivity index (χ0n) is 12.9. The van der Waals surface area contributed by atoms with E-state index >= 15 is 0 Å². The molecule has 0 bridgehead atoms. The lowest BCUT2D eigenvalue weighted by molar-refractivity contribution is -0.114. The van der Waals surface area contributed by atoms with Crippen molar-refractivity contribution in [3.8, 4) is 16.9 Å². The highest BCUT2D eigenvalue weighted by Crippen LogP contribution is 2.38. The standard InChI is InChI=1S/C19H16ClNO2/c1-12(22)21-18-8-4-7-16-17(20)10-9-15(19(16)18)13-5-3-6-14(11-13)23-2/h3-11H,1-2H3,(H,21,22). The van der Waals surface area contributed by atoms with Gasteiger partial charge in [0.25, 0.3) is 0 Å². The SMILES string of the molecule is COc1cccc(-c2ccc(Cl)c3cccc(NC(C)=O)c23)c1. The Morgan fingerprint density at radius 2 is 1.87 bits per heavy atom. The molecule has 0 saturated heterocycles. The molecule has 4 heteroatoms. The molecule has 1 N–H and O–H groups in total. The first kappa shape index (κ1) is 15.4. The highest BCUT2D eigenvalue weighted by Gasteiger charge is 2.12. The first-order valence-electron chi connectivity index (χ1n) is 7.23. The molecule has 0 atom stereocenters. The van der Waals surface area contributed by atoms with Gasteiger partial charge in [-0.3, -0.25) is 4.79 Å². The molecule has 0 aliphatic heterocycles. The summed E-state index contributed by atoms with van der Waals surface area (Å²) in [4.78, 5) is 11.5. The van der Waals surface area contributed by atoms with Gasteiger partial charge in [-0.25, -0.2) is 0 Å². The maximum atomic E-state index is 11.5. The highest BCUT2D eigenvalue weighted by atomic mass is 35.5. The van der Waals surface area contributed by atoms with Gasteiger partial charge in [-0.2, -0.15) is 0 Å². The van der Waals surface area contributed by atoms with Gasteiger partial charge in [-0.1, -0.05) is 41.9 Å². The summed E-state index contributed by atoms with van der Waals surface area (Å²) in [5.74, 6) is 0.664. The normalized spacial score (nSPS) is 10.6. The molecule has 23 heavy (non-hydrogen) atoms. The Balaban J connectivity index is 2.31. The van der Waals surface area contributed by atoms with Crippen LogP contribution in [-0.2, 0) is 4.79 Å². The van der Waals surface area contributed by atoms with Gasteiger partial charge in [0.15, 0.2) is 0 Å². The number of anilines is 1. The predicted octanol–water partition coefficient (Wildman–Crippen LogP) is 5.13. The number of carbonyl (C=O) groups excluding carboxylic acids is 1. The number of ether oxygens (including phenoxy) is 1. The number of hydrogen-bond donors (Lipinski definition) is 1. The average Bonchev–Trinajstić information content (AvgIpc) is 2.55. The van der Waals surface area contributed by atoms with E-state index in [2.05, 4.69) is 5.32 Å². The van der Waals surface area contributed by atoms with Crippen LogP contribution >= 0.6 is 11.6 Å². The molecule has 0 spiro atoms. The minimum atomic E-state index is -0.117. The summed E-state index contributed by atoms with van der Waals surface area (Å²) in [6.45, 7) is 1.49. The van der Waals surface area contributed by atoms with Gasteiger partial charge >= 0.3 is 0 Å². The van der Waals surface area contributed by atoms with E-state index in [0.717, 1.165) is 33.3 Å². The molecule has 0 aliphatic carbocycles. The van der Waals surface area contributed by atoms with Gasteiger partial charge in [-0.05, 0) is 35.4 Å². The molecule has 3 nitrogen and oxygen atoms in total. The van der Waals surface area contributed by atoms with E-state index in [-0.39, 0.29) is 5.91 Å². The second-order valence-electron chi connectivity index (χ2n) is 5.24. The van der Waals surface area contributed by atoms with Crippen LogP contribution in [-0.4, -0.2) is 13.0 Å². The lowest BCUT2D eigenvalue weighted by Gasteiger charge is -2.14. The minimum absolute atomic E-state index is 0.117. The van der Waals surface area contributed by atoms with Crippen molar-refractivity contribution >= 4 is 34.0 Å². The monoisotopic (exact) mass is 325 g/mol. The number of fused-ring (bicyclic) bond motifs is 1. The number of rotatable bonds is 3. The van der Waals surface area contributed by atoms with Crippen molar-refractivity contribution in [3.63, 3.8) is 0 Å². The maximum absolute atomic E-state index is 11.5. The Kier molecular flexibility index (Phi) is 4.22. The summed E-state index contributed by atoms with van der Waals surface area (Å²) in [7, 11) is 1.64. The third kappa shape index (κ3) is 3.01. The highest BCUT2D eigenvalue weighted by molar-refractivity contribution is 6.36. The zero-order chi connectivity index (χ0) is 16.4. The topological polar surface area (TPSA) is 38.3 Å². The van der Waals surface area contributed by atoms with E-state index in [9.17, 15) is 4.79 Å². The van der Waals surface area contributed by atoms with Crippen LogP contribution in [0.3, 0.4) is 0 Å². The van der Waals surface area contributed by atoms with Crippen LogP contribution in [0.15, 0.2) is 54.6 Å². The lowest BCUT2D eigenvalue weighted by Crippen LogP contribution is -2.06. The molecule has 3 aromatic rings. The first-order valence-corrected chi connectivity index (χ1v) is 7.61. The van der Waals surface area contributed by atoms with Gasteiger partial charge < -0.3 is 10.1 Å². The quantitative estimate of drug-likeness (QED) is 0.725. The number of methoxy groups -OCH3 is 1. The van der Waals surface area contributed by atoms with Crippen molar-refractivity contribution in [1.29, 1.82) is 0 Å². The van der Waals surface area contributed by atoms with E-state index in [1.165, 1.54) is 6.92 Å². The van der Waals surface area contributed by atoms with Gasteiger partial charge in [0, 0.05) is 28.4 Å². The number of nitrogens with one attached hydrogen (secondary N) is 1. The summed E-state index contributed by atoms with van der Waals surface area (Å²) in [6.07, 6.45) is 0. The first-order chi connectivity index (χ1) is 11.1. The lowest BCUT2D eigenvalue weighted by atomic mass is 9.96. The summed E-state index contributed by atoms with van der Waals surface area (Å²) in [5.41, 5.74) is 2.74. The number of amides is 1. The number of benzene rings is 3. The molecule has 116 valence electrons. The van der Waals surface area contributed by atoms with Crippen molar-refractivity contribution < 1.29 is 9.53 Å². The Hall–Kier alpha value is -2.52. The smallest absolute Gasteiger partial charge is 0.221 e. The summed E-state index contributed by atoms with van der Waals surface area (Å²) >= 11 is 6.35. The van der Waals surface area contributed by atoms with Crippen LogP contribution in [0.5, 0.6) is 5.75 Å². The molecule has 0 heterocycles. The summed E-state index contributed by atoms with van der Waals surface area (Å²) < 4.78 is 5.31. The maximum Gasteiger partial charge on any atom is 0.221 e. The second-order valence-corrected chi connectivity index (χ2v) is 5.64. The fourth-order valence-electron chi connectivity index (χ4n) is 2.70. The molecular formula is C19H16ClNO2. The van der Waals surface area contributed by atoms with E-state index in [0.29, 0.717) is 5.02 Å². The van der Waals surface area contributed by atoms with Crippen molar-refractivity contribution in [2.75, 3.05) is 12.4 Å². The molecule has 3 rings (SSSR count). The van der Waals surface area contributed by atoms with Gasteiger partial charge in [0.1, 0.15) is 5.75 Å². The molecule has 0 radical (unpaired) electrons. The number of halogens is 1. The van der Waals surface area contributed by atoms with E-state index in [1.807, 2.05) is 54.6 Å². The molecule has 0 saturated carbocycles. The third-order valence-corrected chi connectivity index (χ3v) is 4.01. The van der Waals surface area contributed by atoms with Gasteiger partial charge in [-0.15, -0.1) is 0 Å². The van der Waals surface area contributed by atoms with Crippen LogP contribution in [0.2, 0.25) is 5.02 Å². The minimum Gasteiger partial charge on any atom is -0.497 e. The van der Waals surface area contributed by atoms with Crippen molar-refractivity contribution in [3.05, 3.63) is 59.6 Å². The van der Waals surface area contributed by atoms with E-state index in [4.69, 9.17) is 16.3 Å². The Morgan fingerprint density at radius 1 is 1.09 bits per heavy atom. The molecular weight excluding hydrogens is 310 g/mol. The van der Waals surface area contributed by atoms with Crippen molar-refractivity contribution in [2.24, 2.45) is 0 Å². The fourth-order valence-corrected chi connectivity index (χ4v) is 2.92. The predicted molar refractivity (Wildman–Crippen MR) is 95.2 cm³/mol. The third-order valence-electron chi connectivity index (χ3n) is 3.68. The fraction of sp³-hybridized carbons (Fsp3) is 0.105. The largest absolute Gasteiger partial charge is 0.497 e. The van der Waals surface area contributed by atoms with E-state index < -0.39 is 0 Å². The van der Waals surface area contributed by atoms with Crippen LogP contribution in [0.4, 0.5) is 5.69 Å². The van der Waals surface area contributed by atoms with Crippen molar-refractivity contribution in [2.45, 2.75) is 6.92 Å². The number of hydrogen-bond acceptors (Lipinski definition) is 2. The van der Waals surface area contributed by atoms with E-state index in [1.54, 1.807) is 7.11 Å². The molecule has 3 aromatic carbocycles. The van der Waals surface area contributed by atoms with Gasteiger partial charge in [0.2, 0.25) is 5.91 Å². The number of carbonyl (C=O) groups is 1. The molecule has 0 aliphatic rings. The van der Waals surface area contributed by atoms with Crippen LogP contribution in [0, 0.1) is 0 Å². The Morgan fingerprint density at radius 3 is 2.61 bits per heavy atom. The average molecular weight is 326 g/mol. The summed E-state index contributed by atoms with van der Waals surface area (Å²) in [6, 6.07) is 17.4. The molecule has 0 fully saturated rings. The van der Waals surface area contributed by atoms with Crippen LogP contribution < -0.4 is 10.1 Å². The molecule has 1 amide bonds. The molecule has 0 unspecified atom stereocenters. The van der Waals surface area contributed by atoms with Crippen LogP contribution in [0.1, 0.15) is 6.92 Å². The summed E-state index contributed by atoms with van der Waals surface area (Å²) in [5, 5.41) is 5.36. The van der Waals surface area contributed by atoms with Crippen LogP contribution in [0.25, 0.3) is 21.9 Å². The Labute approximate surface area is 139 Å². The second kappa shape index (κ2) is 6.31. The van der Waals surface area contributed by atoms with Crippen molar-refractivity contribution in [1.82, 2.24) is 0 Å².